The quantitative estimate of drug-likeness (QED) is 0.852. The van der Waals surface area contributed by atoms with E-state index < -0.39 is 0 Å². The second kappa shape index (κ2) is 7.62. The van der Waals surface area contributed by atoms with Gasteiger partial charge >= 0.3 is 0 Å². The summed E-state index contributed by atoms with van der Waals surface area (Å²) in [6.07, 6.45) is 1.10. The summed E-state index contributed by atoms with van der Waals surface area (Å²) in [4.78, 5) is 12.1. The molecule has 0 radical (unpaired) electrons. The number of nitrogens with zero attached hydrogens (tertiary/aromatic N) is 2. The molecule has 3 N–H and O–H groups in total. The third-order valence-electron chi connectivity index (χ3n) is 3.77. The Balaban J connectivity index is 2.11. The molecule has 1 aromatic heterocycles. The minimum Gasteiger partial charge on any atom is -0.356 e. The molecule has 0 saturated heterocycles. The highest BCUT2D eigenvalue weighted by Crippen LogP contribution is 2.20. The third kappa shape index (κ3) is 4.56. The van der Waals surface area contributed by atoms with E-state index in [9.17, 15) is 4.79 Å². The number of nitrogens with two attached hydrogens (primary N) is 1. The van der Waals surface area contributed by atoms with Crippen molar-refractivity contribution in [1.82, 2.24) is 15.1 Å². The zero-order valence-electron chi connectivity index (χ0n) is 13.8. The van der Waals surface area contributed by atoms with Gasteiger partial charge in [0.25, 0.3) is 0 Å². The van der Waals surface area contributed by atoms with Crippen molar-refractivity contribution in [2.24, 2.45) is 5.73 Å². The summed E-state index contributed by atoms with van der Waals surface area (Å²) in [5, 5.41) is 8.13. The van der Waals surface area contributed by atoms with Gasteiger partial charge in [-0.3, -0.25) is 4.79 Å². The largest absolute Gasteiger partial charge is 0.356 e. The van der Waals surface area contributed by atoms with E-state index in [1.807, 2.05) is 49.7 Å². The van der Waals surface area contributed by atoms with Crippen LogP contribution < -0.4 is 11.1 Å². The van der Waals surface area contributed by atoms with Gasteiger partial charge in [-0.15, -0.1) is 0 Å². The van der Waals surface area contributed by atoms with E-state index in [4.69, 9.17) is 17.3 Å². The number of hydrogen-bond donors (Lipinski definition) is 2. The molecule has 1 unspecified atom stereocenters. The maximum Gasteiger partial charge on any atom is 0.224 e. The van der Waals surface area contributed by atoms with Gasteiger partial charge < -0.3 is 11.1 Å². The fraction of sp³-hybridized carbons (Fsp3) is 0.412. The first kappa shape index (κ1) is 17.5. The highest BCUT2D eigenvalue weighted by molar-refractivity contribution is 6.30. The fourth-order valence-corrected chi connectivity index (χ4v) is 2.55. The van der Waals surface area contributed by atoms with Crippen molar-refractivity contribution in [3.63, 3.8) is 0 Å². The molecule has 6 heteroatoms. The van der Waals surface area contributed by atoms with Crippen LogP contribution in [0.1, 0.15) is 30.3 Å². The molecular formula is C17H23ClN4O. The number of aryl methyl sites for hydroxylation is 1. The van der Waals surface area contributed by atoms with E-state index in [2.05, 4.69) is 10.4 Å². The molecule has 2 aromatic rings. The molecular weight excluding hydrogens is 312 g/mol. The maximum atomic E-state index is 12.1. The first-order valence-corrected chi connectivity index (χ1v) is 8.09. The van der Waals surface area contributed by atoms with Crippen LogP contribution in [0.3, 0.4) is 0 Å². The minimum atomic E-state index is -0.00694. The standard InChI is InChI=1S/C17H23ClN4O/c1-11(19)8-9-20-17(23)10-16-12(2)21-22(13(16)3)15-6-4-14(18)5-7-15/h4-7,11H,8-10,19H2,1-3H3,(H,20,23). The Morgan fingerprint density at radius 3 is 2.61 bits per heavy atom. The van der Waals surface area contributed by atoms with Crippen LogP contribution in [0, 0.1) is 13.8 Å². The summed E-state index contributed by atoms with van der Waals surface area (Å²) in [5.41, 5.74) is 9.40. The molecule has 1 heterocycles. The summed E-state index contributed by atoms with van der Waals surface area (Å²) in [6.45, 7) is 6.42. The number of aromatic nitrogens is 2. The summed E-state index contributed by atoms with van der Waals surface area (Å²) in [7, 11) is 0. The minimum absolute atomic E-state index is 0.00694. The predicted molar refractivity (Wildman–Crippen MR) is 93.0 cm³/mol. The van der Waals surface area contributed by atoms with Crippen LogP contribution in [0.2, 0.25) is 5.02 Å². The van der Waals surface area contributed by atoms with Crippen LogP contribution in [0.15, 0.2) is 24.3 Å². The van der Waals surface area contributed by atoms with Crippen LogP contribution in [0.25, 0.3) is 5.69 Å². The van der Waals surface area contributed by atoms with Crippen molar-refractivity contribution in [3.8, 4) is 5.69 Å². The molecule has 0 aliphatic rings. The van der Waals surface area contributed by atoms with Crippen LogP contribution in [0.4, 0.5) is 0 Å². The summed E-state index contributed by atoms with van der Waals surface area (Å²) >= 11 is 5.92. The average Bonchev–Trinajstić information content (AvgIpc) is 2.76. The van der Waals surface area contributed by atoms with Crippen molar-refractivity contribution in [2.75, 3.05) is 6.54 Å². The molecule has 2 rings (SSSR count). The molecule has 0 fully saturated rings. The van der Waals surface area contributed by atoms with Gasteiger partial charge in [0.15, 0.2) is 0 Å². The lowest BCUT2D eigenvalue weighted by molar-refractivity contribution is -0.120. The molecule has 23 heavy (non-hydrogen) atoms. The van der Waals surface area contributed by atoms with E-state index in [-0.39, 0.29) is 11.9 Å². The van der Waals surface area contributed by atoms with Crippen molar-refractivity contribution in [3.05, 3.63) is 46.2 Å². The lowest BCUT2D eigenvalue weighted by Gasteiger charge is -2.08. The van der Waals surface area contributed by atoms with Gasteiger partial charge in [-0.2, -0.15) is 5.10 Å². The number of carbonyl (C=O) groups excluding carboxylic acids is 1. The number of rotatable bonds is 6. The number of carbonyl (C=O) groups is 1. The van der Waals surface area contributed by atoms with E-state index in [1.165, 1.54) is 0 Å². The average molecular weight is 335 g/mol. The Labute approximate surface area is 141 Å². The van der Waals surface area contributed by atoms with Gasteiger partial charge in [0, 0.05) is 28.9 Å². The summed E-state index contributed by atoms with van der Waals surface area (Å²) < 4.78 is 1.84. The van der Waals surface area contributed by atoms with Gasteiger partial charge in [-0.25, -0.2) is 4.68 Å². The molecule has 0 saturated carbocycles. The molecule has 5 nitrogen and oxygen atoms in total. The van der Waals surface area contributed by atoms with Gasteiger partial charge in [0.2, 0.25) is 5.91 Å². The molecule has 0 spiro atoms. The number of amides is 1. The van der Waals surface area contributed by atoms with Gasteiger partial charge in [-0.05, 0) is 51.5 Å². The van der Waals surface area contributed by atoms with Crippen LogP contribution in [-0.4, -0.2) is 28.3 Å². The van der Waals surface area contributed by atoms with E-state index in [0.29, 0.717) is 18.0 Å². The Morgan fingerprint density at radius 2 is 2.00 bits per heavy atom. The van der Waals surface area contributed by atoms with Crippen LogP contribution in [-0.2, 0) is 11.2 Å². The Bertz CT molecular complexity index is 677. The van der Waals surface area contributed by atoms with E-state index >= 15 is 0 Å². The Morgan fingerprint density at radius 1 is 1.35 bits per heavy atom. The van der Waals surface area contributed by atoms with Crippen molar-refractivity contribution < 1.29 is 4.79 Å². The lowest BCUT2D eigenvalue weighted by atomic mass is 10.1. The maximum absolute atomic E-state index is 12.1. The second-order valence-electron chi connectivity index (χ2n) is 5.83. The smallest absolute Gasteiger partial charge is 0.224 e. The van der Waals surface area contributed by atoms with E-state index in [0.717, 1.165) is 29.1 Å². The number of hydrogen-bond acceptors (Lipinski definition) is 3. The topological polar surface area (TPSA) is 72.9 Å². The zero-order valence-corrected chi connectivity index (χ0v) is 14.5. The van der Waals surface area contributed by atoms with Crippen molar-refractivity contribution in [2.45, 2.75) is 39.7 Å². The Hall–Kier alpha value is -1.85. The summed E-state index contributed by atoms with van der Waals surface area (Å²) in [6, 6.07) is 7.57. The first-order valence-electron chi connectivity index (χ1n) is 7.71. The molecule has 0 bridgehead atoms. The molecule has 1 atom stereocenters. The fourth-order valence-electron chi connectivity index (χ4n) is 2.43. The van der Waals surface area contributed by atoms with Gasteiger partial charge in [0.1, 0.15) is 0 Å². The molecule has 0 aliphatic carbocycles. The zero-order chi connectivity index (χ0) is 17.0. The predicted octanol–water partition coefficient (Wildman–Crippen LogP) is 2.54. The molecule has 124 valence electrons. The second-order valence-corrected chi connectivity index (χ2v) is 6.27. The molecule has 0 aliphatic heterocycles. The van der Waals surface area contributed by atoms with Crippen molar-refractivity contribution in [1.29, 1.82) is 0 Å². The monoisotopic (exact) mass is 334 g/mol. The highest BCUT2D eigenvalue weighted by Gasteiger charge is 2.15. The van der Waals surface area contributed by atoms with Crippen LogP contribution in [0.5, 0.6) is 0 Å². The van der Waals surface area contributed by atoms with Gasteiger partial charge in [-0.1, -0.05) is 11.6 Å². The summed E-state index contributed by atoms with van der Waals surface area (Å²) in [5.74, 6) is -0.00694. The normalized spacial score (nSPS) is 12.2. The van der Waals surface area contributed by atoms with Gasteiger partial charge in [0.05, 0.1) is 17.8 Å². The third-order valence-corrected chi connectivity index (χ3v) is 4.02. The number of halogens is 1. The molecule has 1 aromatic carbocycles. The van der Waals surface area contributed by atoms with Crippen molar-refractivity contribution >= 4 is 17.5 Å². The SMILES string of the molecule is Cc1nn(-c2ccc(Cl)cc2)c(C)c1CC(=O)NCCC(C)N. The Kier molecular flexibility index (Phi) is 5.80. The first-order chi connectivity index (χ1) is 10.9. The molecule has 1 amide bonds. The lowest BCUT2D eigenvalue weighted by Crippen LogP contribution is -2.30. The highest BCUT2D eigenvalue weighted by atomic mass is 35.5. The van der Waals surface area contributed by atoms with Crippen LogP contribution >= 0.6 is 11.6 Å². The number of nitrogens with one attached hydrogen (secondary N) is 1. The number of benzene rings is 1. The van der Waals surface area contributed by atoms with E-state index in [1.54, 1.807) is 0 Å².